The first kappa shape index (κ1) is 25.5. The van der Waals surface area contributed by atoms with Crippen molar-refractivity contribution >= 4 is 23.2 Å². The molecule has 1 aromatic carbocycles. The van der Waals surface area contributed by atoms with Crippen LogP contribution in [0.3, 0.4) is 0 Å². The lowest BCUT2D eigenvalue weighted by atomic mass is 9.80. The maximum absolute atomic E-state index is 13.2. The van der Waals surface area contributed by atoms with Gasteiger partial charge in [-0.3, -0.25) is 9.78 Å². The van der Waals surface area contributed by atoms with Crippen LogP contribution in [-0.2, 0) is 40.1 Å². The molecule has 194 valence electrons. The summed E-state index contributed by atoms with van der Waals surface area (Å²) < 4.78 is 6.50. The summed E-state index contributed by atoms with van der Waals surface area (Å²) in [6, 6.07) is 11.8. The normalized spacial score (nSPS) is 17.8. The summed E-state index contributed by atoms with van der Waals surface area (Å²) in [7, 11) is 2.28. The van der Waals surface area contributed by atoms with Gasteiger partial charge in [0.15, 0.2) is 0 Å². The zero-order chi connectivity index (χ0) is 25.9. The first-order valence-electron chi connectivity index (χ1n) is 12.7. The second-order valence-corrected chi connectivity index (χ2v) is 11.4. The average molecular weight is 521 g/mol. The highest BCUT2D eigenvalue weighted by atomic mass is 32.1. The Morgan fingerprint density at radius 1 is 1.14 bits per heavy atom. The number of morpholine rings is 1. The molecular weight excluding hydrogens is 488 g/mol. The zero-order valence-electron chi connectivity index (χ0n) is 21.1. The van der Waals surface area contributed by atoms with Crippen LogP contribution >= 0.6 is 11.3 Å². The van der Waals surface area contributed by atoms with Crippen molar-refractivity contribution in [2.45, 2.75) is 32.2 Å². The van der Waals surface area contributed by atoms with E-state index in [9.17, 15) is 14.7 Å². The number of carbonyl (C=O) groups excluding carboxylic acids is 2. The van der Waals surface area contributed by atoms with Crippen LogP contribution in [0.4, 0.5) is 0 Å². The van der Waals surface area contributed by atoms with Gasteiger partial charge < -0.3 is 24.4 Å². The number of quaternary nitrogens is 1. The van der Waals surface area contributed by atoms with Crippen LogP contribution in [0.15, 0.2) is 48.0 Å². The van der Waals surface area contributed by atoms with E-state index in [1.807, 2.05) is 41.9 Å². The molecule has 0 saturated carbocycles. The summed E-state index contributed by atoms with van der Waals surface area (Å²) in [5.74, 6) is -1.48. The van der Waals surface area contributed by atoms with Crippen molar-refractivity contribution in [3.63, 3.8) is 0 Å². The van der Waals surface area contributed by atoms with Gasteiger partial charge in [0, 0.05) is 41.6 Å². The van der Waals surface area contributed by atoms with Gasteiger partial charge in [0.2, 0.25) is 5.91 Å². The van der Waals surface area contributed by atoms with Gasteiger partial charge in [-0.2, -0.15) is 0 Å². The van der Waals surface area contributed by atoms with Crippen LogP contribution in [0, 0.1) is 5.41 Å². The van der Waals surface area contributed by atoms with E-state index in [1.165, 1.54) is 11.3 Å². The predicted molar refractivity (Wildman–Crippen MR) is 138 cm³/mol. The number of carboxylic acids is 1. The van der Waals surface area contributed by atoms with Crippen molar-refractivity contribution in [1.82, 2.24) is 15.3 Å². The number of aromatic nitrogens is 2. The number of benzene rings is 1. The molecule has 1 aliphatic carbocycles. The third kappa shape index (κ3) is 5.89. The van der Waals surface area contributed by atoms with Crippen LogP contribution in [0.1, 0.15) is 28.2 Å². The molecule has 5 rings (SSSR count). The molecule has 37 heavy (non-hydrogen) atoms. The van der Waals surface area contributed by atoms with Crippen LogP contribution < -0.4 is 10.4 Å². The Balaban J connectivity index is 1.18. The van der Waals surface area contributed by atoms with Crippen molar-refractivity contribution in [3.8, 4) is 11.3 Å². The predicted octanol–water partition coefficient (Wildman–Crippen LogP) is 1.77. The van der Waals surface area contributed by atoms with E-state index in [0.717, 1.165) is 76.8 Å². The topological polar surface area (TPSA) is 104 Å². The summed E-state index contributed by atoms with van der Waals surface area (Å²) in [6.07, 6.45) is 3.27. The lowest BCUT2D eigenvalue weighted by molar-refractivity contribution is -0.916. The standard InChI is InChI=1S/C28H32N4O4S/c1-32(10-12-36-13-11-32)9-8-23-7-6-22(17-29-23)24-19-37-25(31-24)18-30-27(35)28(16-26(33)34)14-20-4-2-3-5-21(20)15-28/h2-7,17,19H,8-16,18H2,1H3,(H-,30,33,34,35). The van der Waals surface area contributed by atoms with E-state index >= 15 is 0 Å². The number of ether oxygens (including phenoxy) is 1. The van der Waals surface area contributed by atoms with Gasteiger partial charge in [0.1, 0.15) is 18.1 Å². The molecule has 2 aliphatic rings. The summed E-state index contributed by atoms with van der Waals surface area (Å²) in [4.78, 5) is 34.0. The molecule has 3 aromatic rings. The van der Waals surface area contributed by atoms with Gasteiger partial charge in [-0.25, -0.2) is 4.98 Å². The molecule has 0 spiro atoms. The maximum atomic E-state index is 13.2. The molecular formula is C28H32N4O4S. The number of carbonyl (C=O) groups is 2. The van der Waals surface area contributed by atoms with E-state index in [4.69, 9.17) is 4.74 Å². The molecule has 1 N–H and O–H groups in total. The van der Waals surface area contributed by atoms with Gasteiger partial charge in [0.25, 0.3) is 0 Å². The molecule has 2 aromatic heterocycles. The second kappa shape index (κ2) is 10.7. The largest absolute Gasteiger partial charge is 0.550 e. The lowest BCUT2D eigenvalue weighted by Crippen LogP contribution is -2.52. The Kier molecular flexibility index (Phi) is 7.37. The number of aliphatic carboxylic acids is 1. The van der Waals surface area contributed by atoms with Gasteiger partial charge >= 0.3 is 0 Å². The Hall–Kier alpha value is -3.14. The third-order valence-corrected chi connectivity index (χ3v) is 8.52. The third-order valence-electron chi connectivity index (χ3n) is 7.67. The Morgan fingerprint density at radius 2 is 1.86 bits per heavy atom. The van der Waals surface area contributed by atoms with Crippen molar-refractivity contribution < 1.29 is 23.9 Å². The Labute approximate surface area is 220 Å². The fraction of sp³-hybridized carbons (Fsp3) is 0.429. The summed E-state index contributed by atoms with van der Waals surface area (Å²) >= 11 is 1.47. The molecule has 0 atom stereocenters. The van der Waals surface area contributed by atoms with E-state index in [2.05, 4.69) is 28.4 Å². The number of thiazole rings is 1. The number of rotatable bonds is 9. The Morgan fingerprint density at radius 3 is 2.51 bits per heavy atom. The average Bonchev–Trinajstić information content (AvgIpc) is 3.51. The van der Waals surface area contributed by atoms with E-state index in [-0.39, 0.29) is 18.9 Å². The van der Waals surface area contributed by atoms with Crippen molar-refractivity contribution in [1.29, 1.82) is 0 Å². The molecule has 0 unspecified atom stereocenters. The first-order chi connectivity index (χ1) is 17.8. The van der Waals surface area contributed by atoms with Crippen molar-refractivity contribution in [2.75, 3.05) is 39.9 Å². The lowest BCUT2D eigenvalue weighted by Gasteiger charge is -2.37. The number of hydrogen-bond donors (Lipinski definition) is 1. The molecule has 1 aliphatic heterocycles. The molecule has 1 saturated heterocycles. The number of pyridine rings is 1. The smallest absolute Gasteiger partial charge is 0.227 e. The highest BCUT2D eigenvalue weighted by molar-refractivity contribution is 7.09. The minimum Gasteiger partial charge on any atom is -0.550 e. The summed E-state index contributed by atoms with van der Waals surface area (Å²) in [5.41, 5.74) is 3.83. The minimum atomic E-state index is -1.21. The molecule has 0 radical (unpaired) electrons. The number of hydrogen-bond acceptors (Lipinski definition) is 7. The van der Waals surface area contributed by atoms with E-state index in [1.54, 1.807) is 0 Å². The Bertz CT molecular complexity index is 1240. The van der Waals surface area contributed by atoms with Gasteiger partial charge in [-0.05, 0) is 36.1 Å². The van der Waals surface area contributed by atoms with Crippen LogP contribution in [-0.4, -0.2) is 66.2 Å². The summed E-state index contributed by atoms with van der Waals surface area (Å²) in [5, 5.41) is 17.2. The van der Waals surface area contributed by atoms with Gasteiger partial charge in [0.05, 0.1) is 44.5 Å². The summed E-state index contributed by atoms with van der Waals surface area (Å²) in [6.45, 7) is 5.01. The van der Waals surface area contributed by atoms with E-state index < -0.39 is 11.4 Å². The van der Waals surface area contributed by atoms with Crippen LogP contribution in [0.25, 0.3) is 11.3 Å². The number of amides is 1. The quantitative estimate of drug-likeness (QED) is 0.431. The molecule has 8 nitrogen and oxygen atoms in total. The molecule has 3 heterocycles. The number of nitrogens with zero attached hydrogens (tertiary/aromatic N) is 3. The highest BCUT2D eigenvalue weighted by Gasteiger charge is 2.43. The van der Waals surface area contributed by atoms with Gasteiger partial charge in [-0.15, -0.1) is 11.3 Å². The fourth-order valence-electron chi connectivity index (χ4n) is 5.32. The highest BCUT2D eigenvalue weighted by Crippen LogP contribution is 2.40. The van der Waals surface area contributed by atoms with Crippen LogP contribution in [0.5, 0.6) is 0 Å². The molecule has 1 fully saturated rings. The molecule has 0 bridgehead atoms. The minimum absolute atomic E-state index is 0.250. The number of likely N-dealkylation sites (N-methyl/N-ethyl adjacent to an activating group) is 1. The molecule has 1 amide bonds. The van der Waals surface area contributed by atoms with Crippen LogP contribution in [0.2, 0.25) is 0 Å². The van der Waals surface area contributed by atoms with Gasteiger partial charge in [-0.1, -0.05) is 24.3 Å². The monoisotopic (exact) mass is 520 g/mol. The number of nitrogens with one attached hydrogen (secondary N) is 1. The maximum Gasteiger partial charge on any atom is 0.227 e. The first-order valence-corrected chi connectivity index (χ1v) is 13.6. The van der Waals surface area contributed by atoms with Crippen molar-refractivity contribution in [2.24, 2.45) is 5.41 Å². The number of carboxylic acid groups (broad SMARTS) is 1. The zero-order valence-corrected chi connectivity index (χ0v) is 21.9. The molecule has 9 heteroatoms. The number of fused-ring (bicyclic) bond motifs is 1. The fourth-order valence-corrected chi connectivity index (χ4v) is 6.06. The van der Waals surface area contributed by atoms with Crippen molar-refractivity contribution in [3.05, 3.63) is 69.8 Å². The van der Waals surface area contributed by atoms with E-state index in [0.29, 0.717) is 12.8 Å². The second-order valence-electron chi connectivity index (χ2n) is 10.5. The SMILES string of the molecule is C[N+]1(CCc2ccc(-c3csc(CNC(=O)C4(CC(=O)[O-])Cc5ccccc5C4)n3)cn2)CCOCC1.